The van der Waals surface area contributed by atoms with Crippen molar-refractivity contribution in [2.24, 2.45) is 5.10 Å². The van der Waals surface area contributed by atoms with E-state index in [0.717, 1.165) is 15.7 Å². The first-order valence-corrected chi connectivity index (χ1v) is 12.3. The van der Waals surface area contributed by atoms with Crippen molar-refractivity contribution in [1.29, 1.82) is 0 Å². The second-order valence-corrected chi connectivity index (χ2v) is 9.01. The molecule has 0 unspecified atom stereocenters. The van der Waals surface area contributed by atoms with Gasteiger partial charge in [-0.2, -0.15) is 5.10 Å². The van der Waals surface area contributed by atoms with Crippen LogP contribution in [0.5, 0.6) is 11.5 Å². The van der Waals surface area contributed by atoms with E-state index in [1.807, 2.05) is 71.3 Å². The minimum Gasteiger partial charge on any atom is -0.493 e. The summed E-state index contributed by atoms with van der Waals surface area (Å²) in [5, 5.41) is 13.4. The van der Waals surface area contributed by atoms with E-state index in [9.17, 15) is 4.79 Å². The third-order valence-corrected chi connectivity index (χ3v) is 6.37. The molecule has 0 aliphatic rings. The maximum atomic E-state index is 12.5. The zero-order valence-electron chi connectivity index (χ0n) is 19.0. The Labute approximate surface area is 215 Å². The third kappa shape index (κ3) is 5.90. The summed E-state index contributed by atoms with van der Waals surface area (Å²) in [6.45, 7) is 0. The molecule has 0 fully saturated rings. The third-order valence-electron chi connectivity index (χ3n) is 4.91. The van der Waals surface area contributed by atoms with Gasteiger partial charge in [0.2, 0.25) is 0 Å². The number of amides is 1. The summed E-state index contributed by atoms with van der Waals surface area (Å²) in [7, 11) is 3.11. The van der Waals surface area contributed by atoms with E-state index in [1.54, 1.807) is 20.3 Å². The fraction of sp³-hybridized carbons (Fsp3) is 0.120. The highest BCUT2D eigenvalue weighted by molar-refractivity contribution is 9.10. The number of aromatic nitrogens is 3. The van der Waals surface area contributed by atoms with Gasteiger partial charge in [0.1, 0.15) is 0 Å². The van der Waals surface area contributed by atoms with Gasteiger partial charge in [-0.25, -0.2) is 5.43 Å². The summed E-state index contributed by atoms with van der Waals surface area (Å²) < 4.78 is 13.6. The van der Waals surface area contributed by atoms with Gasteiger partial charge in [-0.1, -0.05) is 64.1 Å². The number of carbonyl (C=O) groups is 1. The highest BCUT2D eigenvalue weighted by Crippen LogP contribution is 2.30. The fourth-order valence-electron chi connectivity index (χ4n) is 3.31. The van der Waals surface area contributed by atoms with Crippen molar-refractivity contribution in [3.63, 3.8) is 0 Å². The lowest BCUT2D eigenvalue weighted by Gasteiger charge is -2.10. The predicted octanol–water partition coefficient (Wildman–Crippen LogP) is 4.96. The molecule has 8 nitrogen and oxygen atoms in total. The summed E-state index contributed by atoms with van der Waals surface area (Å²) in [6, 6.07) is 23.1. The van der Waals surface area contributed by atoms with Crippen LogP contribution in [-0.2, 0) is 4.79 Å². The number of hydrazone groups is 1. The number of nitrogens with one attached hydrogen (secondary N) is 1. The summed E-state index contributed by atoms with van der Waals surface area (Å²) in [4.78, 5) is 12.5. The van der Waals surface area contributed by atoms with E-state index in [2.05, 4.69) is 36.7 Å². The van der Waals surface area contributed by atoms with Crippen LogP contribution < -0.4 is 14.9 Å². The topological polar surface area (TPSA) is 90.6 Å². The molecule has 0 bridgehead atoms. The van der Waals surface area contributed by atoms with Crippen LogP contribution in [0.25, 0.3) is 17.1 Å². The molecule has 0 aliphatic heterocycles. The van der Waals surface area contributed by atoms with Crippen LogP contribution >= 0.6 is 27.7 Å². The summed E-state index contributed by atoms with van der Waals surface area (Å²) in [6.07, 6.45) is 1.52. The molecule has 0 spiro atoms. The van der Waals surface area contributed by atoms with E-state index in [4.69, 9.17) is 9.47 Å². The molecule has 1 heterocycles. The number of hydrogen-bond donors (Lipinski definition) is 1. The zero-order valence-corrected chi connectivity index (χ0v) is 21.4. The molecular formula is C25H22BrN5O3S. The lowest BCUT2D eigenvalue weighted by molar-refractivity contribution is -0.118. The van der Waals surface area contributed by atoms with Gasteiger partial charge in [0, 0.05) is 21.3 Å². The number of carbonyl (C=O) groups excluding carboxylic acids is 1. The minimum atomic E-state index is -0.278. The van der Waals surface area contributed by atoms with Crippen LogP contribution in [0.15, 0.2) is 87.5 Å². The molecule has 4 aromatic rings. The van der Waals surface area contributed by atoms with Gasteiger partial charge < -0.3 is 9.47 Å². The quantitative estimate of drug-likeness (QED) is 0.180. The second kappa shape index (κ2) is 11.7. The summed E-state index contributed by atoms with van der Waals surface area (Å²) in [5.41, 5.74) is 5.05. The molecular weight excluding hydrogens is 530 g/mol. The number of nitrogens with zero attached hydrogens (tertiary/aromatic N) is 4. The Morgan fingerprint density at radius 2 is 1.80 bits per heavy atom. The summed E-state index contributed by atoms with van der Waals surface area (Å²) in [5.74, 6) is 1.65. The Morgan fingerprint density at radius 3 is 2.51 bits per heavy atom. The van der Waals surface area contributed by atoms with Gasteiger partial charge in [-0.15, -0.1) is 10.2 Å². The lowest BCUT2D eigenvalue weighted by atomic mass is 10.2. The fourth-order valence-corrected chi connectivity index (χ4v) is 4.32. The molecule has 0 radical (unpaired) electrons. The molecule has 1 aromatic heterocycles. The van der Waals surface area contributed by atoms with E-state index in [-0.39, 0.29) is 11.7 Å². The number of para-hydroxylation sites is 1. The normalized spacial score (nSPS) is 10.9. The minimum absolute atomic E-state index is 0.107. The Morgan fingerprint density at radius 1 is 1.03 bits per heavy atom. The molecule has 1 N–H and O–H groups in total. The van der Waals surface area contributed by atoms with Crippen molar-refractivity contribution in [2.75, 3.05) is 20.0 Å². The molecule has 35 heavy (non-hydrogen) atoms. The van der Waals surface area contributed by atoms with Crippen molar-refractivity contribution >= 4 is 39.8 Å². The first kappa shape index (κ1) is 24.5. The molecule has 1 amide bonds. The number of ether oxygens (including phenoxy) is 2. The molecule has 0 aliphatic carbocycles. The van der Waals surface area contributed by atoms with E-state index in [0.29, 0.717) is 28.0 Å². The summed E-state index contributed by atoms with van der Waals surface area (Å²) >= 11 is 4.75. The molecule has 0 saturated carbocycles. The van der Waals surface area contributed by atoms with Crippen molar-refractivity contribution < 1.29 is 14.3 Å². The maximum absolute atomic E-state index is 12.5. The van der Waals surface area contributed by atoms with Crippen LogP contribution in [0, 0.1) is 0 Å². The molecule has 0 saturated heterocycles. The van der Waals surface area contributed by atoms with Gasteiger partial charge in [0.05, 0.1) is 26.2 Å². The van der Waals surface area contributed by atoms with Gasteiger partial charge in [0.15, 0.2) is 22.5 Å². The number of thioether (sulfide) groups is 1. The van der Waals surface area contributed by atoms with Crippen molar-refractivity contribution in [1.82, 2.24) is 20.2 Å². The average molecular weight is 552 g/mol. The first-order chi connectivity index (χ1) is 17.1. The standard InChI is InChI=1S/C25H22BrN5O3S/c1-33-21-10-6-9-18(23(21)34-2)15-27-28-22(32)16-35-25-30-29-24(17-7-4-3-5-8-17)31(25)20-13-11-19(26)12-14-20/h3-15H,16H2,1-2H3,(H,28,32)/b27-15-. The SMILES string of the molecule is COc1cccc(/C=N\NC(=O)CSc2nnc(-c3ccccc3)n2-c2ccc(Br)cc2)c1OC. The van der Waals surface area contributed by atoms with E-state index >= 15 is 0 Å². The number of halogens is 1. The van der Waals surface area contributed by atoms with Crippen molar-refractivity contribution in [3.05, 3.63) is 82.8 Å². The van der Waals surface area contributed by atoms with Gasteiger partial charge in [-0.05, 0) is 36.4 Å². The molecule has 0 atom stereocenters. The number of benzene rings is 3. The zero-order chi connectivity index (χ0) is 24.6. The Hall–Kier alpha value is -3.63. The largest absolute Gasteiger partial charge is 0.493 e. The smallest absolute Gasteiger partial charge is 0.250 e. The van der Waals surface area contributed by atoms with Gasteiger partial charge >= 0.3 is 0 Å². The number of rotatable bonds is 9. The number of hydrogen-bond acceptors (Lipinski definition) is 7. The predicted molar refractivity (Wildman–Crippen MR) is 141 cm³/mol. The van der Waals surface area contributed by atoms with E-state index < -0.39 is 0 Å². The van der Waals surface area contributed by atoms with E-state index in [1.165, 1.54) is 18.0 Å². The van der Waals surface area contributed by atoms with Crippen LogP contribution in [-0.4, -0.2) is 46.9 Å². The van der Waals surface area contributed by atoms with Crippen LogP contribution in [0.3, 0.4) is 0 Å². The molecule has 10 heteroatoms. The van der Waals surface area contributed by atoms with Crippen molar-refractivity contribution in [3.8, 4) is 28.6 Å². The maximum Gasteiger partial charge on any atom is 0.250 e. The molecule has 3 aromatic carbocycles. The van der Waals surface area contributed by atoms with Crippen molar-refractivity contribution in [2.45, 2.75) is 5.16 Å². The van der Waals surface area contributed by atoms with Gasteiger partial charge in [-0.3, -0.25) is 9.36 Å². The Bertz CT molecular complexity index is 1330. The van der Waals surface area contributed by atoms with Gasteiger partial charge in [0.25, 0.3) is 5.91 Å². The second-order valence-electron chi connectivity index (χ2n) is 7.15. The van der Waals surface area contributed by atoms with Crippen LogP contribution in [0.1, 0.15) is 5.56 Å². The number of methoxy groups -OCH3 is 2. The van der Waals surface area contributed by atoms with Crippen LogP contribution in [0.2, 0.25) is 0 Å². The first-order valence-electron chi connectivity index (χ1n) is 10.5. The molecule has 178 valence electrons. The highest BCUT2D eigenvalue weighted by Gasteiger charge is 2.17. The lowest BCUT2D eigenvalue weighted by Crippen LogP contribution is -2.20. The monoisotopic (exact) mass is 551 g/mol. The highest BCUT2D eigenvalue weighted by atomic mass is 79.9. The Balaban J connectivity index is 1.49. The molecule has 4 rings (SSSR count). The average Bonchev–Trinajstić information content (AvgIpc) is 3.32. The Kier molecular flexibility index (Phi) is 8.17. The van der Waals surface area contributed by atoms with Crippen LogP contribution in [0.4, 0.5) is 0 Å².